The summed E-state index contributed by atoms with van der Waals surface area (Å²) in [4.78, 5) is 10.9. The van der Waals surface area contributed by atoms with Crippen LogP contribution in [0.4, 0.5) is 0 Å². The van der Waals surface area contributed by atoms with Gasteiger partial charge >= 0.3 is 5.97 Å². The van der Waals surface area contributed by atoms with Crippen LogP contribution in [-0.4, -0.2) is 21.8 Å². The molecule has 0 spiro atoms. The lowest BCUT2D eigenvalue weighted by Crippen LogP contribution is -2.30. The summed E-state index contributed by atoms with van der Waals surface area (Å²) in [6.45, 7) is 7.56. The van der Waals surface area contributed by atoms with Gasteiger partial charge < -0.3 is 10.2 Å². The minimum atomic E-state index is -0.849. The van der Waals surface area contributed by atoms with E-state index in [1.165, 1.54) is 0 Å². The van der Waals surface area contributed by atoms with Crippen molar-refractivity contribution in [2.24, 2.45) is 11.8 Å². The van der Waals surface area contributed by atoms with Crippen molar-refractivity contribution < 1.29 is 15.0 Å². The Bertz CT molecular complexity index is 185. The maximum Gasteiger partial charge on any atom is 0.306 e. The molecule has 0 amide bonds. The third-order valence-corrected chi connectivity index (χ3v) is 2.55. The normalized spacial score (nSPS) is 17.9. The fourth-order valence-electron chi connectivity index (χ4n) is 1.52. The Hall–Kier alpha value is -0.570. The molecule has 2 atom stereocenters. The number of aliphatic carboxylic acids is 1. The number of hydrogen-bond acceptors (Lipinski definition) is 2. The molecule has 14 heavy (non-hydrogen) atoms. The van der Waals surface area contributed by atoms with Crippen molar-refractivity contribution in [2.45, 2.75) is 52.6 Å². The number of carboxylic acids is 1. The first-order chi connectivity index (χ1) is 6.28. The number of hydrogen-bond donors (Lipinski definition) is 2. The SMILES string of the molecule is CCC(C)(O)CC(CC(C)C)C(=O)O. The summed E-state index contributed by atoms with van der Waals surface area (Å²) in [6.07, 6.45) is 1.57. The van der Waals surface area contributed by atoms with Crippen LogP contribution in [0, 0.1) is 11.8 Å². The van der Waals surface area contributed by atoms with Crippen LogP contribution in [0.3, 0.4) is 0 Å². The topological polar surface area (TPSA) is 57.5 Å². The molecule has 3 heteroatoms. The predicted molar refractivity (Wildman–Crippen MR) is 56.1 cm³/mol. The van der Waals surface area contributed by atoms with Crippen LogP contribution in [0.25, 0.3) is 0 Å². The molecular weight excluding hydrogens is 180 g/mol. The van der Waals surface area contributed by atoms with Crippen LogP contribution < -0.4 is 0 Å². The Kier molecular flexibility index (Phi) is 5.13. The standard InChI is InChI=1S/C11H22O3/c1-5-11(4,14)7-9(10(12)13)6-8(2)3/h8-9,14H,5-7H2,1-4H3,(H,12,13). The summed E-state index contributed by atoms with van der Waals surface area (Å²) < 4.78 is 0. The highest BCUT2D eigenvalue weighted by Crippen LogP contribution is 2.25. The predicted octanol–water partition coefficient (Wildman–Crippen LogP) is 2.28. The quantitative estimate of drug-likeness (QED) is 0.694. The van der Waals surface area contributed by atoms with Gasteiger partial charge in [0.1, 0.15) is 0 Å². The first-order valence-corrected chi connectivity index (χ1v) is 5.23. The maximum absolute atomic E-state index is 10.9. The Morgan fingerprint density at radius 1 is 1.43 bits per heavy atom. The highest BCUT2D eigenvalue weighted by molar-refractivity contribution is 5.70. The maximum atomic E-state index is 10.9. The van der Waals surface area contributed by atoms with Crippen molar-refractivity contribution in [1.29, 1.82) is 0 Å². The summed E-state index contributed by atoms with van der Waals surface area (Å²) in [5.41, 5.74) is -0.849. The molecule has 0 radical (unpaired) electrons. The van der Waals surface area contributed by atoms with Crippen molar-refractivity contribution in [1.82, 2.24) is 0 Å². The van der Waals surface area contributed by atoms with Crippen LogP contribution in [-0.2, 0) is 4.79 Å². The van der Waals surface area contributed by atoms with E-state index in [0.717, 1.165) is 0 Å². The van der Waals surface area contributed by atoms with E-state index in [1.807, 2.05) is 20.8 Å². The van der Waals surface area contributed by atoms with Gasteiger partial charge in [0, 0.05) is 0 Å². The van der Waals surface area contributed by atoms with Crippen LogP contribution in [0.5, 0.6) is 0 Å². The van der Waals surface area contributed by atoms with Crippen LogP contribution in [0.1, 0.15) is 47.0 Å². The van der Waals surface area contributed by atoms with Crippen LogP contribution in [0.2, 0.25) is 0 Å². The van der Waals surface area contributed by atoms with E-state index in [4.69, 9.17) is 5.11 Å². The highest BCUT2D eigenvalue weighted by Gasteiger charge is 2.28. The Morgan fingerprint density at radius 3 is 2.21 bits per heavy atom. The Labute approximate surface area is 86.1 Å². The van der Waals surface area contributed by atoms with Gasteiger partial charge in [0.15, 0.2) is 0 Å². The largest absolute Gasteiger partial charge is 0.481 e. The summed E-state index contributed by atoms with van der Waals surface area (Å²) in [5.74, 6) is -0.874. The molecular formula is C11H22O3. The number of rotatable bonds is 6. The Morgan fingerprint density at radius 2 is 1.93 bits per heavy atom. The molecule has 0 aromatic heterocycles. The zero-order chi connectivity index (χ0) is 11.4. The van der Waals surface area contributed by atoms with Gasteiger partial charge in [0.2, 0.25) is 0 Å². The molecule has 3 nitrogen and oxygen atoms in total. The smallest absolute Gasteiger partial charge is 0.306 e. The second kappa shape index (κ2) is 5.35. The molecule has 0 saturated heterocycles. The van der Waals surface area contributed by atoms with Crippen molar-refractivity contribution in [3.05, 3.63) is 0 Å². The van der Waals surface area contributed by atoms with E-state index < -0.39 is 17.5 Å². The minimum absolute atomic E-state index is 0.344. The van der Waals surface area contributed by atoms with Crippen molar-refractivity contribution >= 4 is 5.97 Å². The van der Waals surface area contributed by atoms with Crippen molar-refractivity contribution in [3.63, 3.8) is 0 Å². The monoisotopic (exact) mass is 202 g/mol. The van der Waals surface area contributed by atoms with Gasteiger partial charge in [-0.3, -0.25) is 4.79 Å². The second-order valence-electron chi connectivity index (χ2n) is 4.72. The zero-order valence-electron chi connectivity index (χ0n) is 9.58. The van der Waals surface area contributed by atoms with Gasteiger partial charge in [-0.2, -0.15) is 0 Å². The third-order valence-electron chi connectivity index (χ3n) is 2.55. The summed E-state index contributed by atoms with van der Waals surface area (Å²) in [6, 6.07) is 0. The van der Waals surface area contributed by atoms with Gasteiger partial charge in [-0.1, -0.05) is 20.8 Å². The number of carbonyl (C=O) groups is 1. The van der Waals surface area contributed by atoms with Crippen molar-refractivity contribution in [2.75, 3.05) is 0 Å². The van der Waals surface area contributed by atoms with Gasteiger partial charge in [0.25, 0.3) is 0 Å². The first kappa shape index (κ1) is 13.4. The molecule has 0 rings (SSSR count). The summed E-state index contributed by atoms with van der Waals surface area (Å²) >= 11 is 0. The molecule has 0 fully saturated rings. The van der Waals surface area contributed by atoms with Gasteiger partial charge in [-0.05, 0) is 32.1 Å². The van der Waals surface area contributed by atoms with Gasteiger partial charge in [0.05, 0.1) is 11.5 Å². The van der Waals surface area contributed by atoms with Crippen LogP contribution in [0.15, 0.2) is 0 Å². The van der Waals surface area contributed by atoms with E-state index >= 15 is 0 Å². The molecule has 0 bridgehead atoms. The second-order valence-corrected chi connectivity index (χ2v) is 4.72. The van der Waals surface area contributed by atoms with E-state index in [2.05, 4.69) is 0 Å². The van der Waals surface area contributed by atoms with E-state index in [0.29, 0.717) is 25.2 Å². The van der Waals surface area contributed by atoms with Gasteiger partial charge in [-0.25, -0.2) is 0 Å². The average Bonchev–Trinajstić information content (AvgIpc) is 2.02. The lowest BCUT2D eigenvalue weighted by Gasteiger charge is -2.26. The first-order valence-electron chi connectivity index (χ1n) is 5.23. The van der Waals surface area contributed by atoms with E-state index in [9.17, 15) is 9.90 Å². The number of aliphatic hydroxyl groups is 1. The molecule has 0 aromatic carbocycles. The lowest BCUT2D eigenvalue weighted by atomic mass is 9.85. The zero-order valence-corrected chi connectivity index (χ0v) is 9.58. The fourth-order valence-corrected chi connectivity index (χ4v) is 1.52. The third kappa shape index (κ3) is 5.22. The van der Waals surface area contributed by atoms with Crippen LogP contribution >= 0.6 is 0 Å². The summed E-state index contributed by atoms with van der Waals surface area (Å²) in [5, 5.41) is 18.8. The van der Waals surface area contributed by atoms with E-state index in [-0.39, 0.29) is 0 Å². The molecule has 0 heterocycles. The van der Waals surface area contributed by atoms with E-state index in [1.54, 1.807) is 6.92 Å². The molecule has 84 valence electrons. The average molecular weight is 202 g/mol. The highest BCUT2D eigenvalue weighted by atomic mass is 16.4. The van der Waals surface area contributed by atoms with Crippen molar-refractivity contribution in [3.8, 4) is 0 Å². The molecule has 0 aliphatic rings. The number of carboxylic acid groups (broad SMARTS) is 1. The molecule has 0 aromatic rings. The van der Waals surface area contributed by atoms with Gasteiger partial charge in [-0.15, -0.1) is 0 Å². The lowest BCUT2D eigenvalue weighted by molar-refractivity contribution is -0.144. The fraction of sp³-hybridized carbons (Fsp3) is 0.909. The summed E-state index contributed by atoms with van der Waals surface area (Å²) in [7, 11) is 0. The molecule has 0 saturated carbocycles. The minimum Gasteiger partial charge on any atom is -0.481 e. The Balaban J connectivity index is 4.30. The molecule has 2 N–H and O–H groups in total. The molecule has 0 aliphatic carbocycles. The molecule has 2 unspecified atom stereocenters. The molecule has 0 aliphatic heterocycles.